The first-order valence-corrected chi connectivity index (χ1v) is 6.82. The van der Waals surface area contributed by atoms with Crippen molar-refractivity contribution in [2.75, 3.05) is 7.11 Å². The first kappa shape index (κ1) is 14.4. The molecule has 1 aliphatic carbocycles. The van der Waals surface area contributed by atoms with E-state index in [2.05, 4.69) is 10.3 Å². The Bertz CT molecular complexity index is 730. The van der Waals surface area contributed by atoms with E-state index in [0.29, 0.717) is 18.6 Å². The maximum Gasteiger partial charge on any atom is 0.270 e. The number of nitrogens with one attached hydrogen (secondary N) is 1. The van der Waals surface area contributed by atoms with Crippen LogP contribution >= 0.6 is 0 Å². The minimum absolute atomic E-state index is 0.169. The first-order valence-electron chi connectivity index (χ1n) is 6.82. The van der Waals surface area contributed by atoms with Crippen molar-refractivity contribution in [2.45, 2.75) is 18.4 Å². The zero-order valence-corrected chi connectivity index (χ0v) is 11.9. The summed E-state index contributed by atoms with van der Waals surface area (Å²) in [6.07, 6.45) is 2.57. The van der Waals surface area contributed by atoms with Crippen LogP contribution in [-0.2, 0) is 5.54 Å². The third-order valence-electron chi connectivity index (χ3n) is 3.75. The van der Waals surface area contributed by atoms with Crippen LogP contribution in [0.2, 0.25) is 0 Å². The van der Waals surface area contributed by atoms with E-state index in [4.69, 9.17) is 4.74 Å². The number of hydrogen-bond acceptors (Lipinski definition) is 3. The van der Waals surface area contributed by atoms with Gasteiger partial charge in [-0.15, -0.1) is 0 Å². The number of amides is 1. The molecule has 0 spiro atoms. The van der Waals surface area contributed by atoms with Crippen molar-refractivity contribution in [1.82, 2.24) is 10.3 Å². The summed E-state index contributed by atoms with van der Waals surface area (Å²) < 4.78 is 32.3. The fraction of sp³-hybridized carbons (Fsp3) is 0.250. The van der Waals surface area contributed by atoms with Crippen LogP contribution in [0, 0.1) is 11.6 Å². The Labute approximate surface area is 126 Å². The molecule has 0 radical (unpaired) electrons. The summed E-state index contributed by atoms with van der Waals surface area (Å²) in [6.45, 7) is 0. The molecule has 4 nitrogen and oxygen atoms in total. The maximum absolute atomic E-state index is 13.9. The molecule has 1 aromatic carbocycles. The minimum atomic E-state index is -0.853. The molecule has 0 aliphatic heterocycles. The number of pyridine rings is 1. The Hall–Kier alpha value is -2.50. The summed E-state index contributed by atoms with van der Waals surface area (Å²) in [4.78, 5) is 16.3. The number of carbonyl (C=O) groups excluding carboxylic acids is 1. The zero-order valence-electron chi connectivity index (χ0n) is 11.9. The fourth-order valence-corrected chi connectivity index (χ4v) is 2.39. The van der Waals surface area contributed by atoms with Gasteiger partial charge in [0.1, 0.15) is 23.1 Å². The van der Waals surface area contributed by atoms with Crippen molar-refractivity contribution in [2.24, 2.45) is 0 Å². The lowest BCUT2D eigenvalue weighted by Crippen LogP contribution is -2.36. The predicted molar refractivity (Wildman–Crippen MR) is 75.5 cm³/mol. The quantitative estimate of drug-likeness (QED) is 0.945. The van der Waals surface area contributed by atoms with Gasteiger partial charge < -0.3 is 10.1 Å². The molecule has 114 valence electrons. The molecule has 6 heteroatoms. The molecule has 0 atom stereocenters. The Morgan fingerprint density at radius 1 is 1.27 bits per heavy atom. The van der Waals surface area contributed by atoms with E-state index in [1.54, 1.807) is 6.07 Å². The van der Waals surface area contributed by atoms with Crippen molar-refractivity contribution in [3.8, 4) is 5.75 Å². The predicted octanol–water partition coefficient (Wildman–Crippen LogP) is 2.79. The standard InChI is InChI=1S/C16H14F2N2O2/c1-22-11-4-7-19-14(9-11)15(21)20-16(5-6-16)12-8-10(17)2-3-13(12)18/h2-4,7-9H,5-6H2,1H3,(H,20,21). The molecule has 1 amide bonds. The summed E-state index contributed by atoms with van der Waals surface area (Å²) in [5.41, 5.74) is -0.514. The van der Waals surface area contributed by atoms with Crippen molar-refractivity contribution >= 4 is 5.91 Å². The summed E-state index contributed by atoms with van der Waals surface area (Å²) in [6, 6.07) is 6.37. The Balaban J connectivity index is 1.85. The van der Waals surface area contributed by atoms with Gasteiger partial charge in [0.15, 0.2) is 0 Å². The number of halogens is 2. The van der Waals surface area contributed by atoms with Crippen LogP contribution in [0.1, 0.15) is 28.9 Å². The summed E-state index contributed by atoms with van der Waals surface area (Å²) >= 11 is 0. The number of methoxy groups -OCH3 is 1. The van der Waals surface area contributed by atoms with Gasteiger partial charge in [-0.1, -0.05) is 0 Å². The molecule has 1 fully saturated rings. The van der Waals surface area contributed by atoms with Gasteiger partial charge in [0, 0.05) is 17.8 Å². The molecule has 0 saturated heterocycles. The number of nitrogens with zero attached hydrogens (tertiary/aromatic N) is 1. The number of ether oxygens (including phenoxy) is 1. The second kappa shape index (κ2) is 5.36. The molecule has 1 N–H and O–H groups in total. The van der Waals surface area contributed by atoms with Gasteiger partial charge in [-0.2, -0.15) is 0 Å². The monoisotopic (exact) mass is 304 g/mol. The summed E-state index contributed by atoms with van der Waals surface area (Å²) in [7, 11) is 1.49. The van der Waals surface area contributed by atoms with Gasteiger partial charge in [0.2, 0.25) is 0 Å². The number of aromatic nitrogens is 1. The lowest BCUT2D eigenvalue weighted by Gasteiger charge is -2.18. The number of benzene rings is 1. The van der Waals surface area contributed by atoms with Gasteiger partial charge in [-0.25, -0.2) is 8.78 Å². The molecule has 2 aromatic rings. The van der Waals surface area contributed by atoms with Crippen LogP contribution < -0.4 is 10.1 Å². The molecule has 1 saturated carbocycles. The third kappa shape index (κ3) is 2.64. The number of hydrogen-bond donors (Lipinski definition) is 1. The average molecular weight is 304 g/mol. The molecule has 22 heavy (non-hydrogen) atoms. The molecular formula is C16H14F2N2O2. The molecule has 1 aromatic heterocycles. The lowest BCUT2D eigenvalue weighted by molar-refractivity contribution is 0.0924. The van der Waals surface area contributed by atoms with Crippen molar-refractivity contribution in [3.05, 3.63) is 59.4 Å². The van der Waals surface area contributed by atoms with Gasteiger partial charge in [0.25, 0.3) is 5.91 Å². The van der Waals surface area contributed by atoms with Crippen LogP contribution in [0.3, 0.4) is 0 Å². The second-order valence-electron chi connectivity index (χ2n) is 5.24. The van der Waals surface area contributed by atoms with Crippen molar-refractivity contribution in [1.29, 1.82) is 0 Å². The largest absolute Gasteiger partial charge is 0.497 e. The van der Waals surface area contributed by atoms with Crippen molar-refractivity contribution < 1.29 is 18.3 Å². The van der Waals surface area contributed by atoms with Crippen LogP contribution in [0.15, 0.2) is 36.5 Å². The van der Waals surface area contributed by atoms with Crippen LogP contribution in [-0.4, -0.2) is 18.0 Å². The minimum Gasteiger partial charge on any atom is -0.497 e. The highest BCUT2D eigenvalue weighted by Crippen LogP contribution is 2.46. The third-order valence-corrected chi connectivity index (χ3v) is 3.75. The smallest absolute Gasteiger partial charge is 0.270 e. The molecular weight excluding hydrogens is 290 g/mol. The van der Waals surface area contributed by atoms with E-state index in [1.165, 1.54) is 19.4 Å². The molecule has 3 rings (SSSR count). The SMILES string of the molecule is COc1ccnc(C(=O)NC2(c3cc(F)ccc3F)CC2)c1. The number of carbonyl (C=O) groups is 1. The van der Waals surface area contributed by atoms with E-state index in [1.807, 2.05) is 0 Å². The van der Waals surface area contributed by atoms with Crippen LogP contribution in [0.25, 0.3) is 0 Å². The van der Waals surface area contributed by atoms with Gasteiger partial charge in [-0.05, 0) is 37.1 Å². The normalized spacial score (nSPS) is 15.2. The van der Waals surface area contributed by atoms with Gasteiger partial charge >= 0.3 is 0 Å². The zero-order chi connectivity index (χ0) is 15.7. The second-order valence-corrected chi connectivity index (χ2v) is 5.24. The highest BCUT2D eigenvalue weighted by molar-refractivity contribution is 5.93. The van der Waals surface area contributed by atoms with E-state index in [0.717, 1.165) is 18.2 Å². The maximum atomic E-state index is 13.9. The van der Waals surface area contributed by atoms with Gasteiger partial charge in [0.05, 0.1) is 12.6 Å². The van der Waals surface area contributed by atoms with Crippen LogP contribution in [0.5, 0.6) is 5.75 Å². The van der Waals surface area contributed by atoms with E-state index in [9.17, 15) is 13.6 Å². The lowest BCUT2D eigenvalue weighted by atomic mass is 10.0. The molecule has 0 bridgehead atoms. The highest BCUT2D eigenvalue weighted by Gasteiger charge is 2.47. The number of rotatable bonds is 4. The fourth-order valence-electron chi connectivity index (χ4n) is 2.39. The molecule has 0 unspecified atom stereocenters. The molecule has 1 aliphatic rings. The van der Waals surface area contributed by atoms with Gasteiger partial charge in [-0.3, -0.25) is 9.78 Å². The average Bonchev–Trinajstić information content (AvgIpc) is 3.30. The Morgan fingerprint density at radius 2 is 2.05 bits per heavy atom. The first-order chi connectivity index (χ1) is 10.5. The summed E-state index contributed by atoms with van der Waals surface area (Å²) in [5.74, 6) is -1.00. The Morgan fingerprint density at radius 3 is 2.73 bits per heavy atom. The van der Waals surface area contributed by atoms with Crippen LogP contribution in [0.4, 0.5) is 8.78 Å². The van der Waals surface area contributed by atoms with Crippen molar-refractivity contribution in [3.63, 3.8) is 0 Å². The molecule has 1 heterocycles. The topological polar surface area (TPSA) is 51.2 Å². The Kier molecular flexibility index (Phi) is 3.52. The van der Waals surface area contributed by atoms with E-state index < -0.39 is 23.1 Å². The summed E-state index contributed by atoms with van der Waals surface area (Å²) in [5, 5.41) is 2.76. The van der Waals surface area contributed by atoms with E-state index >= 15 is 0 Å². The highest BCUT2D eigenvalue weighted by atomic mass is 19.1. The van der Waals surface area contributed by atoms with E-state index in [-0.39, 0.29) is 11.3 Å².